The molecule has 4 rings (SSSR count). The lowest BCUT2D eigenvalue weighted by molar-refractivity contribution is -0.141. The molecule has 0 atom stereocenters. The molecule has 0 radical (unpaired) electrons. The van der Waals surface area contributed by atoms with Gasteiger partial charge in [0, 0.05) is 37.9 Å². The first kappa shape index (κ1) is 19.9. The molecule has 0 spiro atoms. The molecule has 0 N–H and O–H groups in total. The van der Waals surface area contributed by atoms with Crippen molar-refractivity contribution >= 4 is 5.91 Å². The van der Waals surface area contributed by atoms with Gasteiger partial charge >= 0.3 is 6.18 Å². The first-order valence-electron chi connectivity index (χ1n) is 10.0. The molecule has 2 aromatic rings. The predicted molar refractivity (Wildman–Crippen MR) is 103 cm³/mol. The van der Waals surface area contributed by atoms with Gasteiger partial charge in [-0.1, -0.05) is 30.3 Å². The standard InChI is InChI=1S/C22H24F3N3O/c23-22(24,25)20-9-6-17(14-26-20)21(29)28(18-7-8-18)19-10-12-27(13-11-19)15-16-4-2-1-3-5-16/h1-6,9,14,18-19H,7-8,10-13,15H2. The summed E-state index contributed by atoms with van der Waals surface area (Å²) in [6.45, 7) is 2.70. The van der Waals surface area contributed by atoms with Gasteiger partial charge in [0.2, 0.25) is 0 Å². The molecule has 1 saturated heterocycles. The summed E-state index contributed by atoms with van der Waals surface area (Å²) in [6, 6.07) is 12.8. The zero-order valence-electron chi connectivity index (χ0n) is 16.1. The minimum Gasteiger partial charge on any atom is -0.333 e. The fraction of sp³-hybridized carbons (Fsp3) is 0.455. The lowest BCUT2D eigenvalue weighted by Gasteiger charge is -2.39. The monoisotopic (exact) mass is 403 g/mol. The Kier molecular flexibility index (Phi) is 5.58. The highest BCUT2D eigenvalue weighted by atomic mass is 19.4. The summed E-state index contributed by atoms with van der Waals surface area (Å²) in [5.41, 5.74) is 0.537. The Morgan fingerprint density at radius 2 is 1.66 bits per heavy atom. The molecular formula is C22H24F3N3O. The van der Waals surface area contributed by atoms with Crippen molar-refractivity contribution < 1.29 is 18.0 Å². The molecule has 29 heavy (non-hydrogen) atoms. The number of hydrogen-bond acceptors (Lipinski definition) is 3. The Labute approximate surface area is 168 Å². The third kappa shape index (κ3) is 4.78. The van der Waals surface area contributed by atoms with Crippen LogP contribution in [-0.2, 0) is 12.7 Å². The van der Waals surface area contributed by atoms with Crippen LogP contribution in [0.25, 0.3) is 0 Å². The molecule has 1 aliphatic heterocycles. The third-order valence-corrected chi connectivity index (χ3v) is 5.68. The maximum Gasteiger partial charge on any atom is 0.433 e. The second-order valence-electron chi connectivity index (χ2n) is 7.87. The highest BCUT2D eigenvalue weighted by Gasteiger charge is 2.39. The predicted octanol–water partition coefficient (Wildman–Crippen LogP) is 4.37. The van der Waals surface area contributed by atoms with Gasteiger partial charge in [-0.05, 0) is 43.4 Å². The molecule has 2 fully saturated rings. The second kappa shape index (κ2) is 8.14. The molecule has 2 aliphatic rings. The van der Waals surface area contributed by atoms with Crippen LogP contribution < -0.4 is 0 Å². The molecule has 1 aromatic carbocycles. The summed E-state index contributed by atoms with van der Waals surface area (Å²) in [6.07, 6.45) is 0.245. The van der Waals surface area contributed by atoms with Crippen LogP contribution in [0.4, 0.5) is 13.2 Å². The lowest BCUT2D eigenvalue weighted by Crippen LogP contribution is -2.48. The van der Waals surface area contributed by atoms with Crippen molar-refractivity contribution in [1.82, 2.24) is 14.8 Å². The number of benzene rings is 1. The van der Waals surface area contributed by atoms with E-state index in [0.29, 0.717) is 0 Å². The van der Waals surface area contributed by atoms with E-state index in [4.69, 9.17) is 0 Å². The Morgan fingerprint density at radius 3 is 2.21 bits per heavy atom. The summed E-state index contributed by atoms with van der Waals surface area (Å²) in [5, 5.41) is 0. The molecule has 1 saturated carbocycles. The number of rotatable bonds is 5. The smallest absolute Gasteiger partial charge is 0.333 e. The Balaban J connectivity index is 1.40. The van der Waals surface area contributed by atoms with E-state index in [0.717, 1.165) is 57.6 Å². The largest absolute Gasteiger partial charge is 0.433 e. The first-order chi connectivity index (χ1) is 13.9. The number of amides is 1. The van der Waals surface area contributed by atoms with Crippen LogP contribution in [0.15, 0.2) is 48.7 Å². The van der Waals surface area contributed by atoms with E-state index >= 15 is 0 Å². The number of halogens is 3. The Bertz CT molecular complexity index is 827. The van der Waals surface area contributed by atoms with Crippen molar-refractivity contribution in [3.05, 3.63) is 65.5 Å². The van der Waals surface area contributed by atoms with Crippen molar-refractivity contribution in [1.29, 1.82) is 0 Å². The minimum absolute atomic E-state index is 0.129. The van der Waals surface area contributed by atoms with E-state index in [1.54, 1.807) is 0 Å². The lowest BCUT2D eigenvalue weighted by atomic mass is 10.0. The quantitative estimate of drug-likeness (QED) is 0.744. The van der Waals surface area contributed by atoms with Gasteiger partial charge < -0.3 is 4.90 Å². The topological polar surface area (TPSA) is 36.4 Å². The highest BCUT2D eigenvalue weighted by molar-refractivity contribution is 5.94. The van der Waals surface area contributed by atoms with E-state index < -0.39 is 11.9 Å². The SMILES string of the molecule is O=C(c1ccc(C(F)(F)F)nc1)N(C1CC1)C1CCN(Cc2ccccc2)CC1. The average Bonchev–Trinajstić information content (AvgIpc) is 3.55. The van der Waals surface area contributed by atoms with E-state index in [1.165, 1.54) is 11.6 Å². The van der Waals surface area contributed by atoms with Crippen LogP contribution in [0.2, 0.25) is 0 Å². The molecule has 7 heteroatoms. The molecule has 4 nitrogen and oxygen atoms in total. The van der Waals surface area contributed by atoms with Crippen LogP contribution >= 0.6 is 0 Å². The van der Waals surface area contributed by atoms with Gasteiger partial charge in [0.1, 0.15) is 5.69 Å². The van der Waals surface area contributed by atoms with Gasteiger partial charge in [0.15, 0.2) is 0 Å². The number of alkyl halides is 3. The van der Waals surface area contributed by atoms with E-state index in [2.05, 4.69) is 22.0 Å². The van der Waals surface area contributed by atoms with Crippen LogP contribution in [0, 0.1) is 0 Å². The molecule has 154 valence electrons. The number of carbonyl (C=O) groups is 1. The Morgan fingerprint density at radius 1 is 1.00 bits per heavy atom. The normalized spacial score (nSPS) is 18.6. The Hall–Kier alpha value is -2.41. The molecular weight excluding hydrogens is 379 g/mol. The van der Waals surface area contributed by atoms with E-state index in [-0.39, 0.29) is 23.6 Å². The summed E-state index contributed by atoms with van der Waals surface area (Å²) < 4.78 is 38.2. The number of piperidine rings is 1. The summed E-state index contributed by atoms with van der Waals surface area (Å²) in [5.74, 6) is -0.199. The second-order valence-corrected chi connectivity index (χ2v) is 7.87. The molecule has 0 unspecified atom stereocenters. The summed E-state index contributed by atoms with van der Waals surface area (Å²) in [7, 11) is 0. The van der Waals surface area contributed by atoms with E-state index in [9.17, 15) is 18.0 Å². The maximum atomic E-state index is 13.1. The van der Waals surface area contributed by atoms with Crippen molar-refractivity contribution in [2.75, 3.05) is 13.1 Å². The highest BCUT2D eigenvalue weighted by Crippen LogP contribution is 2.34. The van der Waals surface area contributed by atoms with Crippen molar-refractivity contribution in [3.63, 3.8) is 0 Å². The number of pyridine rings is 1. The molecule has 1 amide bonds. The number of hydrogen-bond donors (Lipinski definition) is 0. The van der Waals surface area contributed by atoms with Gasteiger partial charge in [-0.3, -0.25) is 14.7 Å². The summed E-state index contributed by atoms with van der Waals surface area (Å²) >= 11 is 0. The van der Waals surface area contributed by atoms with Crippen LogP contribution in [0.1, 0.15) is 47.3 Å². The van der Waals surface area contributed by atoms with Gasteiger partial charge in [-0.2, -0.15) is 13.2 Å². The number of carbonyl (C=O) groups excluding carboxylic acids is 1. The summed E-state index contributed by atoms with van der Waals surface area (Å²) in [4.78, 5) is 20.8. The van der Waals surface area contributed by atoms with Gasteiger partial charge in [-0.25, -0.2) is 0 Å². The maximum absolute atomic E-state index is 13.1. The zero-order chi connectivity index (χ0) is 20.4. The van der Waals surface area contributed by atoms with Gasteiger partial charge in [0.25, 0.3) is 5.91 Å². The number of nitrogens with zero attached hydrogens (tertiary/aromatic N) is 3. The number of likely N-dealkylation sites (tertiary alicyclic amines) is 1. The average molecular weight is 403 g/mol. The first-order valence-corrected chi connectivity index (χ1v) is 10.0. The fourth-order valence-electron chi connectivity index (χ4n) is 4.02. The fourth-order valence-corrected chi connectivity index (χ4v) is 4.02. The van der Waals surface area contributed by atoms with Gasteiger partial charge in [0.05, 0.1) is 5.56 Å². The number of aromatic nitrogens is 1. The van der Waals surface area contributed by atoms with Crippen molar-refractivity contribution in [2.45, 2.75) is 50.5 Å². The molecule has 0 bridgehead atoms. The van der Waals surface area contributed by atoms with E-state index in [1.807, 2.05) is 23.1 Å². The molecule has 1 aromatic heterocycles. The third-order valence-electron chi connectivity index (χ3n) is 5.68. The zero-order valence-corrected chi connectivity index (χ0v) is 16.1. The molecule has 2 heterocycles. The van der Waals surface area contributed by atoms with Crippen molar-refractivity contribution in [2.24, 2.45) is 0 Å². The van der Waals surface area contributed by atoms with Crippen LogP contribution in [-0.4, -0.2) is 45.9 Å². The van der Waals surface area contributed by atoms with Crippen LogP contribution in [0.3, 0.4) is 0 Å². The minimum atomic E-state index is -4.50. The molecule has 1 aliphatic carbocycles. The van der Waals surface area contributed by atoms with Crippen molar-refractivity contribution in [3.8, 4) is 0 Å². The van der Waals surface area contributed by atoms with Gasteiger partial charge in [-0.15, -0.1) is 0 Å². The van der Waals surface area contributed by atoms with Crippen LogP contribution in [0.5, 0.6) is 0 Å².